The van der Waals surface area contributed by atoms with Crippen molar-refractivity contribution in [1.82, 2.24) is 4.90 Å². The van der Waals surface area contributed by atoms with Crippen LogP contribution in [-0.4, -0.2) is 85.9 Å². The van der Waals surface area contributed by atoms with Gasteiger partial charge in [-0.25, -0.2) is 0 Å². The van der Waals surface area contributed by atoms with E-state index in [1.807, 2.05) is 4.90 Å². The number of rotatable bonds is 2. The molecule has 5 heteroatoms. The quantitative estimate of drug-likeness (QED) is 0.441. The van der Waals surface area contributed by atoms with Gasteiger partial charge in [0, 0.05) is 13.1 Å². The predicted molar refractivity (Wildman–Crippen MR) is 62.4 cm³/mol. The fraction of sp³-hybridized carbons (Fsp3) is 0.800. The SMILES string of the molecule is CCN(CC)C(=S)S.[Ca+2].[H-].[H-].[InH3]. The van der Waals surface area contributed by atoms with Gasteiger partial charge in [0.05, 0.1) is 0 Å². The van der Waals surface area contributed by atoms with E-state index < -0.39 is 0 Å². The van der Waals surface area contributed by atoms with E-state index in [4.69, 9.17) is 12.2 Å². The third kappa shape index (κ3) is 8.47. The Bertz CT molecular complexity index is 95.5. The maximum atomic E-state index is 4.81. The Morgan fingerprint density at radius 1 is 1.50 bits per heavy atom. The normalized spacial score (nSPS) is 7.10. The summed E-state index contributed by atoms with van der Waals surface area (Å²) in [5.41, 5.74) is 0. The summed E-state index contributed by atoms with van der Waals surface area (Å²) in [5, 5.41) is 0. The van der Waals surface area contributed by atoms with E-state index in [2.05, 4.69) is 26.5 Å². The van der Waals surface area contributed by atoms with Crippen molar-refractivity contribution >= 4 is 92.7 Å². The summed E-state index contributed by atoms with van der Waals surface area (Å²) in [4.78, 5) is 2.01. The first kappa shape index (κ1) is 18.2. The minimum atomic E-state index is 0. The van der Waals surface area contributed by atoms with Gasteiger partial charge in [-0.05, 0) is 13.8 Å². The van der Waals surface area contributed by atoms with Crippen LogP contribution in [0, 0.1) is 0 Å². The van der Waals surface area contributed by atoms with Crippen molar-refractivity contribution in [2.75, 3.05) is 13.1 Å². The van der Waals surface area contributed by atoms with Crippen molar-refractivity contribution in [3.63, 3.8) is 0 Å². The Morgan fingerprint density at radius 2 is 1.80 bits per heavy atom. The fourth-order valence-corrected chi connectivity index (χ4v) is 1.04. The van der Waals surface area contributed by atoms with Crippen molar-refractivity contribution in [2.45, 2.75) is 13.8 Å². The summed E-state index contributed by atoms with van der Waals surface area (Å²) in [6.45, 7) is 6.04. The molecule has 0 aromatic carbocycles. The molecule has 0 amide bonds. The first-order valence-corrected chi connectivity index (χ1v) is 3.55. The number of nitrogens with zero attached hydrogens (tertiary/aromatic N) is 1. The molecular weight excluding hydrogens is 293 g/mol. The maximum absolute atomic E-state index is 4.81. The van der Waals surface area contributed by atoms with E-state index in [0.717, 1.165) is 13.1 Å². The van der Waals surface area contributed by atoms with E-state index in [0.29, 0.717) is 4.32 Å². The molecule has 0 heterocycles. The van der Waals surface area contributed by atoms with Gasteiger partial charge in [-0.2, -0.15) is 0 Å². The van der Waals surface area contributed by atoms with E-state index in [-0.39, 0.29) is 66.4 Å². The zero-order valence-corrected chi connectivity index (χ0v) is 9.84. The summed E-state index contributed by atoms with van der Waals surface area (Å²) < 4.78 is 0.690. The molecule has 0 aromatic rings. The molecule has 0 aliphatic carbocycles. The predicted octanol–water partition coefficient (Wildman–Crippen LogP) is 0.203. The first-order valence-electron chi connectivity index (χ1n) is 2.70. The molecule has 0 saturated carbocycles. The van der Waals surface area contributed by atoms with Crippen LogP contribution in [0.3, 0.4) is 0 Å². The van der Waals surface area contributed by atoms with Crippen LogP contribution in [0.15, 0.2) is 0 Å². The van der Waals surface area contributed by atoms with Crippen LogP contribution < -0.4 is 0 Å². The molecule has 0 radical (unpaired) electrons. The van der Waals surface area contributed by atoms with Gasteiger partial charge in [0.15, 0.2) is 0 Å². The van der Waals surface area contributed by atoms with E-state index in [1.165, 1.54) is 0 Å². The monoisotopic (exact) mass is 309 g/mol. The van der Waals surface area contributed by atoms with E-state index in [1.54, 1.807) is 0 Å². The Kier molecular flexibility index (Phi) is 20.7. The van der Waals surface area contributed by atoms with Crippen molar-refractivity contribution in [3.05, 3.63) is 0 Å². The molecule has 0 rings (SSSR count). The summed E-state index contributed by atoms with van der Waals surface area (Å²) in [5.74, 6) is 0. The Labute approximate surface area is 125 Å². The topological polar surface area (TPSA) is 3.24 Å². The molecule has 0 spiro atoms. The molecule has 0 aliphatic rings. The molecule has 0 aromatic heterocycles. The first-order chi connectivity index (χ1) is 3.72. The second kappa shape index (κ2) is 11.4. The number of thiocarbonyl (C=S) groups is 1. The fourth-order valence-electron chi connectivity index (χ4n) is 0.494. The molecule has 0 fully saturated rings. The van der Waals surface area contributed by atoms with Crippen LogP contribution in [0.4, 0.5) is 0 Å². The molecule has 0 saturated heterocycles. The average molecular weight is 309 g/mol. The van der Waals surface area contributed by atoms with Gasteiger partial charge in [0.1, 0.15) is 4.32 Å². The van der Waals surface area contributed by atoms with E-state index in [9.17, 15) is 0 Å². The van der Waals surface area contributed by atoms with Crippen molar-refractivity contribution in [2.24, 2.45) is 0 Å². The zero-order valence-electron chi connectivity index (χ0n) is 7.92. The molecule has 0 N–H and O–H groups in total. The standard InChI is InChI=1S/C5H11NS2.Ca.In.5H/c1-3-6(4-2)5(7)8;;;;;;;/h3-4H2,1-2H3,(H,7,8);;;;;;;/q;+2;;;;;2*-1. The van der Waals surface area contributed by atoms with Gasteiger partial charge < -0.3 is 7.75 Å². The van der Waals surface area contributed by atoms with Crippen LogP contribution in [-0.2, 0) is 0 Å². The van der Waals surface area contributed by atoms with Crippen LogP contribution >= 0.6 is 24.8 Å². The molecule has 1 nitrogen and oxygen atoms in total. The van der Waals surface area contributed by atoms with Crippen molar-refractivity contribution in [1.29, 1.82) is 0 Å². The Morgan fingerprint density at radius 3 is 1.80 bits per heavy atom. The molecule has 0 bridgehead atoms. The van der Waals surface area contributed by atoms with Gasteiger partial charge in [0.25, 0.3) is 0 Å². The third-order valence-corrected chi connectivity index (χ3v) is 1.58. The molecular formula is C5H16CaInNS2. The number of hydrogen-bond acceptors (Lipinski definition) is 1. The summed E-state index contributed by atoms with van der Waals surface area (Å²) in [7, 11) is 0. The van der Waals surface area contributed by atoms with Gasteiger partial charge >= 0.3 is 63.6 Å². The summed E-state index contributed by atoms with van der Waals surface area (Å²) in [6, 6.07) is 0. The molecule has 0 unspecified atom stereocenters. The summed E-state index contributed by atoms with van der Waals surface area (Å²) in [6.07, 6.45) is 0. The van der Waals surface area contributed by atoms with Gasteiger partial charge in [-0.15, -0.1) is 12.6 Å². The third-order valence-electron chi connectivity index (χ3n) is 1.03. The number of thiol groups is 1. The molecule has 58 valence electrons. The summed E-state index contributed by atoms with van der Waals surface area (Å²) >= 11 is 8.82. The van der Waals surface area contributed by atoms with Gasteiger partial charge in [-0.1, -0.05) is 12.2 Å². The van der Waals surface area contributed by atoms with Crippen LogP contribution in [0.1, 0.15) is 16.7 Å². The van der Waals surface area contributed by atoms with Crippen LogP contribution in [0.5, 0.6) is 0 Å². The second-order valence-electron chi connectivity index (χ2n) is 1.45. The molecule has 0 aliphatic heterocycles. The zero-order chi connectivity index (χ0) is 6.57. The molecule has 10 heavy (non-hydrogen) atoms. The Hall–Kier alpha value is 2.37. The van der Waals surface area contributed by atoms with Crippen molar-refractivity contribution in [3.8, 4) is 0 Å². The Balaban J connectivity index is -0.0000000408. The minimum absolute atomic E-state index is 0. The van der Waals surface area contributed by atoms with Gasteiger partial charge in [0.2, 0.25) is 0 Å². The number of hydrogen-bond donors (Lipinski definition) is 1. The van der Waals surface area contributed by atoms with Crippen LogP contribution in [0.2, 0.25) is 0 Å². The molecule has 0 atom stereocenters. The van der Waals surface area contributed by atoms with Gasteiger partial charge in [-0.3, -0.25) is 0 Å². The van der Waals surface area contributed by atoms with Crippen LogP contribution in [0.25, 0.3) is 0 Å². The average Bonchev–Trinajstić information content (AvgIpc) is 1.69. The van der Waals surface area contributed by atoms with Crippen molar-refractivity contribution < 1.29 is 2.85 Å². The van der Waals surface area contributed by atoms with E-state index >= 15 is 0 Å². The second-order valence-corrected chi connectivity index (χ2v) is 2.57.